The first-order valence-corrected chi connectivity index (χ1v) is 9.91. The molecule has 0 aliphatic heterocycles. The van der Waals surface area contributed by atoms with Gasteiger partial charge in [-0.1, -0.05) is 30.3 Å². The number of hydrogen-bond donors (Lipinski definition) is 2. The molecule has 3 aromatic rings. The molecule has 0 radical (unpaired) electrons. The molecule has 7 heteroatoms. The first-order chi connectivity index (χ1) is 13.5. The first kappa shape index (κ1) is 19.1. The van der Waals surface area contributed by atoms with Crippen LogP contribution in [-0.2, 0) is 16.4 Å². The maximum absolute atomic E-state index is 12.4. The van der Waals surface area contributed by atoms with E-state index in [0.717, 1.165) is 5.56 Å². The van der Waals surface area contributed by atoms with Crippen LogP contribution in [0.5, 0.6) is 0 Å². The van der Waals surface area contributed by atoms with E-state index < -0.39 is 10.0 Å². The number of nitrogens with one attached hydrogen (secondary N) is 2. The van der Waals surface area contributed by atoms with Crippen molar-refractivity contribution in [2.75, 3.05) is 10.0 Å². The van der Waals surface area contributed by atoms with Gasteiger partial charge in [-0.2, -0.15) is 5.26 Å². The molecule has 0 heterocycles. The lowest BCUT2D eigenvalue weighted by Crippen LogP contribution is -2.14. The number of rotatable bonds is 6. The van der Waals surface area contributed by atoms with Crippen LogP contribution in [0.1, 0.15) is 15.9 Å². The molecule has 0 saturated heterocycles. The quantitative estimate of drug-likeness (QED) is 0.667. The predicted octanol–water partition coefficient (Wildman–Crippen LogP) is 3.81. The van der Waals surface area contributed by atoms with Gasteiger partial charge in [-0.05, 0) is 54.1 Å². The lowest BCUT2D eigenvalue weighted by atomic mass is 10.1. The number of anilines is 2. The van der Waals surface area contributed by atoms with Gasteiger partial charge in [0.15, 0.2) is 0 Å². The summed E-state index contributed by atoms with van der Waals surface area (Å²) in [4.78, 5) is 12.4. The smallest absolute Gasteiger partial charge is 0.261 e. The second kappa shape index (κ2) is 8.37. The molecule has 140 valence electrons. The number of hydrogen-bond acceptors (Lipinski definition) is 4. The molecule has 0 aromatic heterocycles. The van der Waals surface area contributed by atoms with Crippen molar-refractivity contribution in [3.63, 3.8) is 0 Å². The zero-order valence-electron chi connectivity index (χ0n) is 14.8. The predicted molar refractivity (Wildman–Crippen MR) is 107 cm³/mol. The number of carbonyl (C=O) groups excluding carboxylic acids is 1. The second-order valence-corrected chi connectivity index (χ2v) is 7.66. The topological polar surface area (TPSA) is 99.1 Å². The molecular formula is C21H17N3O3S. The highest BCUT2D eigenvalue weighted by molar-refractivity contribution is 7.92. The average molecular weight is 391 g/mol. The lowest BCUT2D eigenvalue weighted by Gasteiger charge is -2.09. The van der Waals surface area contributed by atoms with Gasteiger partial charge in [0.2, 0.25) is 0 Å². The van der Waals surface area contributed by atoms with Crippen molar-refractivity contribution < 1.29 is 13.2 Å². The van der Waals surface area contributed by atoms with Gasteiger partial charge in [0.05, 0.1) is 17.4 Å². The summed E-state index contributed by atoms with van der Waals surface area (Å²) in [5.41, 5.74) is 2.25. The number of nitrogens with zero attached hydrogens (tertiary/aromatic N) is 1. The third kappa shape index (κ3) is 4.75. The second-order valence-electron chi connectivity index (χ2n) is 5.98. The molecule has 1 amide bonds. The van der Waals surface area contributed by atoms with Crippen LogP contribution in [0.3, 0.4) is 0 Å². The molecule has 6 nitrogen and oxygen atoms in total. The highest BCUT2D eigenvalue weighted by atomic mass is 32.2. The van der Waals surface area contributed by atoms with E-state index in [1.165, 1.54) is 24.3 Å². The van der Waals surface area contributed by atoms with E-state index in [9.17, 15) is 13.2 Å². The molecule has 3 aromatic carbocycles. The molecule has 0 aliphatic rings. The molecule has 0 unspecified atom stereocenters. The number of sulfonamides is 1. The van der Waals surface area contributed by atoms with Crippen LogP contribution in [0.25, 0.3) is 0 Å². The Bertz CT molecular complexity index is 1100. The van der Waals surface area contributed by atoms with E-state index in [-0.39, 0.29) is 10.8 Å². The summed E-state index contributed by atoms with van der Waals surface area (Å²) in [6.45, 7) is 0. The fraction of sp³-hybridized carbons (Fsp3) is 0.0476. The zero-order valence-corrected chi connectivity index (χ0v) is 15.6. The van der Waals surface area contributed by atoms with Gasteiger partial charge >= 0.3 is 0 Å². The van der Waals surface area contributed by atoms with E-state index in [4.69, 9.17) is 5.26 Å². The summed E-state index contributed by atoms with van der Waals surface area (Å²) in [5, 5.41) is 11.4. The first-order valence-electron chi connectivity index (χ1n) is 8.43. The van der Waals surface area contributed by atoms with Gasteiger partial charge in [0.1, 0.15) is 0 Å². The molecule has 0 spiro atoms. The minimum atomic E-state index is -3.73. The Morgan fingerprint density at radius 1 is 0.857 bits per heavy atom. The molecule has 0 fully saturated rings. The Kier molecular flexibility index (Phi) is 5.72. The molecule has 2 N–H and O–H groups in total. The van der Waals surface area contributed by atoms with E-state index in [1.54, 1.807) is 54.6 Å². The van der Waals surface area contributed by atoms with Crippen molar-refractivity contribution >= 4 is 27.3 Å². The van der Waals surface area contributed by atoms with Crippen LogP contribution in [0.4, 0.5) is 11.4 Å². The van der Waals surface area contributed by atoms with Crippen molar-refractivity contribution in [2.45, 2.75) is 11.3 Å². The Morgan fingerprint density at radius 2 is 1.50 bits per heavy atom. The molecule has 0 saturated carbocycles. The molecule has 3 rings (SSSR count). The monoisotopic (exact) mass is 391 g/mol. The zero-order chi connectivity index (χ0) is 20.0. The Hall–Kier alpha value is -3.63. The standard InChI is InChI=1S/C21H17N3O3S/c22-15-14-16-6-10-18(11-7-16)23-21(25)17-8-12-20(13-9-17)28(26,27)24-19-4-2-1-3-5-19/h1-13,24H,14H2,(H,23,25). The normalized spacial score (nSPS) is 10.7. The van der Waals surface area contributed by atoms with Gasteiger partial charge < -0.3 is 5.32 Å². The number of nitriles is 1. The maximum atomic E-state index is 12.4. The van der Waals surface area contributed by atoms with Crippen molar-refractivity contribution in [3.8, 4) is 6.07 Å². The summed E-state index contributed by atoms with van der Waals surface area (Å²) in [6, 6.07) is 23.3. The summed E-state index contributed by atoms with van der Waals surface area (Å²) < 4.78 is 27.3. The van der Waals surface area contributed by atoms with Crippen LogP contribution in [0.15, 0.2) is 83.8 Å². The molecule has 0 atom stereocenters. The van der Waals surface area contributed by atoms with Crippen LogP contribution >= 0.6 is 0 Å². The Balaban J connectivity index is 1.69. The molecule has 0 aliphatic carbocycles. The van der Waals surface area contributed by atoms with Gasteiger partial charge in [-0.15, -0.1) is 0 Å². The number of carbonyl (C=O) groups is 1. The Labute approximate surface area is 163 Å². The van der Waals surface area contributed by atoms with Gasteiger partial charge in [0.25, 0.3) is 15.9 Å². The highest BCUT2D eigenvalue weighted by Crippen LogP contribution is 2.17. The van der Waals surface area contributed by atoms with Crippen LogP contribution in [0, 0.1) is 11.3 Å². The van der Waals surface area contributed by atoms with E-state index in [1.807, 2.05) is 0 Å². The minimum absolute atomic E-state index is 0.0637. The Morgan fingerprint density at radius 3 is 2.11 bits per heavy atom. The van der Waals surface area contributed by atoms with Gasteiger partial charge in [-0.25, -0.2) is 8.42 Å². The lowest BCUT2D eigenvalue weighted by molar-refractivity contribution is 0.102. The van der Waals surface area contributed by atoms with Crippen molar-refractivity contribution in [3.05, 3.63) is 90.0 Å². The van der Waals surface area contributed by atoms with Crippen molar-refractivity contribution in [1.29, 1.82) is 5.26 Å². The largest absolute Gasteiger partial charge is 0.322 e. The van der Waals surface area contributed by atoms with Crippen LogP contribution in [-0.4, -0.2) is 14.3 Å². The van der Waals surface area contributed by atoms with Crippen LogP contribution in [0.2, 0.25) is 0 Å². The van der Waals surface area contributed by atoms with Gasteiger partial charge in [-0.3, -0.25) is 9.52 Å². The number of benzene rings is 3. The fourth-order valence-corrected chi connectivity index (χ4v) is 3.56. The summed E-state index contributed by atoms with van der Waals surface area (Å²) in [6.07, 6.45) is 0.307. The summed E-state index contributed by atoms with van der Waals surface area (Å²) in [7, 11) is -3.73. The minimum Gasteiger partial charge on any atom is -0.322 e. The number of amides is 1. The van der Waals surface area contributed by atoms with E-state index in [2.05, 4.69) is 16.1 Å². The van der Waals surface area contributed by atoms with E-state index >= 15 is 0 Å². The van der Waals surface area contributed by atoms with Crippen molar-refractivity contribution in [2.24, 2.45) is 0 Å². The number of para-hydroxylation sites is 1. The highest BCUT2D eigenvalue weighted by Gasteiger charge is 2.15. The third-order valence-corrected chi connectivity index (χ3v) is 5.34. The molecule has 28 heavy (non-hydrogen) atoms. The molecule has 0 bridgehead atoms. The van der Waals surface area contributed by atoms with Crippen LogP contribution < -0.4 is 10.0 Å². The SMILES string of the molecule is N#CCc1ccc(NC(=O)c2ccc(S(=O)(=O)Nc3ccccc3)cc2)cc1. The average Bonchev–Trinajstić information content (AvgIpc) is 2.70. The third-order valence-electron chi connectivity index (χ3n) is 3.95. The van der Waals surface area contributed by atoms with Gasteiger partial charge in [0, 0.05) is 16.9 Å². The fourth-order valence-electron chi connectivity index (χ4n) is 2.51. The maximum Gasteiger partial charge on any atom is 0.261 e. The van der Waals surface area contributed by atoms with Crippen molar-refractivity contribution in [1.82, 2.24) is 0 Å². The summed E-state index contributed by atoms with van der Waals surface area (Å²) in [5.74, 6) is -0.354. The van der Waals surface area contributed by atoms with E-state index in [0.29, 0.717) is 23.4 Å². The summed E-state index contributed by atoms with van der Waals surface area (Å²) >= 11 is 0. The molecular weight excluding hydrogens is 374 g/mol.